The highest BCUT2D eigenvalue weighted by Gasteiger charge is 2.30. The largest absolute Gasteiger partial charge is 0.481 e. The van der Waals surface area contributed by atoms with Gasteiger partial charge in [-0.3, -0.25) is 4.79 Å². The molecule has 4 heteroatoms. The number of aliphatic carboxylic acids is 1. The molecular weight excluding hydrogens is 210 g/mol. The number of hydrogen-bond donors (Lipinski definition) is 2. The van der Waals surface area contributed by atoms with Crippen LogP contribution in [0.2, 0.25) is 0 Å². The lowest BCUT2D eigenvalue weighted by atomic mass is 9.88. The number of carbonyl (C=O) groups is 1. The second kappa shape index (κ2) is 6.38. The van der Waals surface area contributed by atoms with Gasteiger partial charge in [-0.1, -0.05) is 19.3 Å². The van der Waals surface area contributed by atoms with E-state index >= 15 is 0 Å². The van der Waals surface area contributed by atoms with Gasteiger partial charge >= 0.3 is 5.97 Å². The van der Waals surface area contributed by atoms with E-state index in [1.165, 1.54) is 32.1 Å². The standard InChI is InChI=1S/C11H21NO2S/c1-15-11(6-3-2-4-7-11)9-12-8-5-10(13)14/h12H,2-9H2,1H3,(H,13,14). The molecule has 0 aromatic rings. The smallest absolute Gasteiger partial charge is 0.304 e. The molecule has 2 N–H and O–H groups in total. The van der Waals surface area contributed by atoms with Gasteiger partial charge in [0.05, 0.1) is 6.42 Å². The number of rotatable bonds is 6. The zero-order chi connectivity index (χ0) is 11.1. The van der Waals surface area contributed by atoms with Gasteiger partial charge in [0.15, 0.2) is 0 Å². The normalized spacial score (nSPS) is 20.1. The molecule has 1 fully saturated rings. The quantitative estimate of drug-likeness (QED) is 0.687. The zero-order valence-corrected chi connectivity index (χ0v) is 10.2. The van der Waals surface area contributed by atoms with Crippen molar-refractivity contribution in [2.75, 3.05) is 19.3 Å². The number of thioether (sulfide) groups is 1. The summed E-state index contributed by atoms with van der Waals surface area (Å²) < 4.78 is 0.372. The summed E-state index contributed by atoms with van der Waals surface area (Å²) in [5, 5.41) is 11.8. The third-order valence-corrected chi connectivity index (χ3v) is 4.58. The second-order valence-corrected chi connectivity index (χ2v) is 5.54. The Bertz CT molecular complexity index is 203. The van der Waals surface area contributed by atoms with Gasteiger partial charge in [-0.2, -0.15) is 11.8 Å². The summed E-state index contributed by atoms with van der Waals surface area (Å²) in [5.74, 6) is -0.718. The Morgan fingerprint density at radius 2 is 2.07 bits per heavy atom. The van der Waals surface area contributed by atoms with E-state index in [0.29, 0.717) is 11.3 Å². The highest BCUT2D eigenvalue weighted by atomic mass is 32.2. The summed E-state index contributed by atoms with van der Waals surface area (Å²) >= 11 is 1.94. The van der Waals surface area contributed by atoms with Gasteiger partial charge in [0.25, 0.3) is 0 Å². The lowest BCUT2D eigenvalue weighted by Gasteiger charge is -2.36. The van der Waals surface area contributed by atoms with Gasteiger partial charge in [-0.15, -0.1) is 0 Å². The maximum atomic E-state index is 10.4. The molecule has 0 spiro atoms. The van der Waals surface area contributed by atoms with Gasteiger partial charge in [0, 0.05) is 17.8 Å². The van der Waals surface area contributed by atoms with Gasteiger partial charge in [0.2, 0.25) is 0 Å². The topological polar surface area (TPSA) is 49.3 Å². The molecule has 0 bridgehead atoms. The number of hydrogen-bond acceptors (Lipinski definition) is 3. The molecule has 0 unspecified atom stereocenters. The van der Waals surface area contributed by atoms with E-state index in [4.69, 9.17) is 5.11 Å². The molecule has 15 heavy (non-hydrogen) atoms. The summed E-state index contributed by atoms with van der Waals surface area (Å²) in [6.07, 6.45) is 8.94. The van der Waals surface area contributed by atoms with Crippen LogP contribution in [0.3, 0.4) is 0 Å². The summed E-state index contributed by atoms with van der Waals surface area (Å²) in [6, 6.07) is 0. The molecule has 1 saturated carbocycles. The molecule has 3 nitrogen and oxygen atoms in total. The van der Waals surface area contributed by atoms with E-state index in [1.807, 2.05) is 11.8 Å². The molecule has 88 valence electrons. The fourth-order valence-corrected chi connectivity index (χ4v) is 3.10. The van der Waals surface area contributed by atoms with Crippen LogP contribution in [-0.4, -0.2) is 35.2 Å². The van der Waals surface area contributed by atoms with Crippen molar-refractivity contribution < 1.29 is 9.90 Å². The van der Waals surface area contributed by atoms with Gasteiger partial charge in [-0.05, 0) is 19.1 Å². The van der Waals surface area contributed by atoms with Gasteiger partial charge in [0.1, 0.15) is 0 Å². The van der Waals surface area contributed by atoms with Crippen molar-refractivity contribution in [2.24, 2.45) is 0 Å². The molecular formula is C11H21NO2S. The van der Waals surface area contributed by atoms with E-state index in [1.54, 1.807) is 0 Å². The SMILES string of the molecule is CSC1(CNCCC(=O)O)CCCCC1. The van der Waals surface area contributed by atoms with Crippen LogP contribution in [0, 0.1) is 0 Å². The van der Waals surface area contributed by atoms with Crippen molar-refractivity contribution in [3.05, 3.63) is 0 Å². The van der Waals surface area contributed by atoms with Gasteiger partial charge < -0.3 is 10.4 Å². The summed E-state index contributed by atoms with van der Waals surface area (Å²) in [6.45, 7) is 1.55. The lowest BCUT2D eigenvalue weighted by Crippen LogP contribution is -2.39. The minimum atomic E-state index is -0.718. The average molecular weight is 231 g/mol. The van der Waals surface area contributed by atoms with Crippen LogP contribution in [-0.2, 0) is 4.79 Å². The molecule has 1 rings (SSSR count). The van der Waals surface area contributed by atoms with E-state index in [9.17, 15) is 4.79 Å². The first-order chi connectivity index (χ1) is 7.18. The summed E-state index contributed by atoms with van der Waals surface area (Å²) in [7, 11) is 0. The van der Waals surface area contributed by atoms with Gasteiger partial charge in [-0.25, -0.2) is 0 Å². The fraction of sp³-hybridized carbons (Fsp3) is 0.909. The molecule has 0 saturated heterocycles. The maximum absolute atomic E-state index is 10.4. The van der Waals surface area contributed by atoms with Crippen LogP contribution in [0.5, 0.6) is 0 Å². The van der Waals surface area contributed by atoms with Crippen LogP contribution in [0.1, 0.15) is 38.5 Å². The molecule has 0 atom stereocenters. The van der Waals surface area contributed by atoms with E-state index in [2.05, 4.69) is 11.6 Å². The lowest BCUT2D eigenvalue weighted by molar-refractivity contribution is -0.136. The fourth-order valence-electron chi connectivity index (χ4n) is 2.16. The maximum Gasteiger partial charge on any atom is 0.304 e. The molecule has 0 aromatic carbocycles. The third kappa shape index (κ3) is 4.43. The van der Waals surface area contributed by atoms with Crippen molar-refractivity contribution in [1.29, 1.82) is 0 Å². The van der Waals surface area contributed by atoms with Crippen molar-refractivity contribution in [3.8, 4) is 0 Å². The molecule has 0 aliphatic heterocycles. The molecule has 0 heterocycles. The zero-order valence-electron chi connectivity index (χ0n) is 9.42. The summed E-state index contributed by atoms with van der Waals surface area (Å²) in [4.78, 5) is 10.4. The number of carboxylic acid groups (broad SMARTS) is 1. The highest BCUT2D eigenvalue weighted by molar-refractivity contribution is 8.00. The summed E-state index contributed by atoms with van der Waals surface area (Å²) in [5.41, 5.74) is 0. The van der Waals surface area contributed by atoms with Crippen molar-refractivity contribution in [1.82, 2.24) is 5.32 Å². The Hall–Kier alpha value is -0.220. The number of nitrogens with one attached hydrogen (secondary N) is 1. The Balaban J connectivity index is 2.23. The minimum Gasteiger partial charge on any atom is -0.481 e. The molecule has 0 radical (unpaired) electrons. The molecule has 0 amide bonds. The molecule has 1 aliphatic carbocycles. The van der Waals surface area contributed by atoms with E-state index in [0.717, 1.165) is 6.54 Å². The van der Waals surface area contributed by atoms with Crippen molar-refractivity contribution >= 4 is 17.7 Å². The Kier molecular flexibility index (Phi) is 5.47. The number of carboxylic acids is 1. The Morgan fingerprint density at radius 1 is 1.40 bits per heavy atom. The Morgan fingerprint density at radius 3 is 2.60 bits per heavy atom. The first kappa shape index (κ1) is 12.8. The predicted octanol–water partition coefficient (Wildman–Crippen LogP) is 2.12. The van der Waals surface area contributed by atoms with Crippen LogP contribution < -0.4 is 5.32 Å². The average Bonchev–Trinajstić information content (AvgIpc) is 2.26. The Labute approximate surface area is 96.0 Å². The first-order valence-electron chi connectivity index (χ1n) is 5.66. The second-order valence-electron chi connectivity index (χ2n) is 4.27. The minimum absolute atomic E-state index is 0.227. The van der Waals surface area contributed by atoms with Crippen molar-refractivity contribution in [3.63, 3.8) is 0 Å². The molecule has 1 aliphatic rings. The predicted molar refractivity (Wildman–Crippen MR) is 64.5 cm³/mol. The van der Waals surface area contributed by atoms with Crippen LogP contribution in [0.4, 0.5) is 0 Å². The van der Waals surface area contributed by atoms with E-state index in [-0.39, 0.29) is 6.42 Å². The van der Waals surface area contributed by atoms with Crippen LogP contribution in [0.25, 0.3) is 0 Å². The third-order valence-electron chi connectivity index (χ3n) is 3.16. The molecule has 0 aromatic heterocycles. The highest BCUT2D eigenvalue weighted by Crippen LogP contribution is 2.37. The van der Waals surface area contributed by atoms with Crippen molar-refractivity contribution in [2.45, 2.75) is 43.3 Å². The van der Waals surface area contributed by atoms with E-state index < -0.39 is 5.97 Å². The monoisotopic (exact) mass is 231 g/mol. The van der Waals surface area contributed by atoms with Crippen LogP contribution in [0.15, 0.2) is 0 Å². The van der Waals surface area contributed by atoms with Crippen LogP contribution >= 0.6 is 11.8 Å². The first-order valence-corrected chi connectivity index (χ1v) is 6.89.